The minimum atomic E-state index is 0.813. The second-order valence-electron chi connectivity index (χ2n) is 4.32. The number of nitrogen functional groups attached to an aromatic ring is 1. The summed E-state index contributed by atoms with van der Waals surface area (Å²) >= 11 is 1.70. The highest BCUT2D eigenvalue weighted by molar-refractivity contribution is 7.09. The van der Waals surface area contributed by atoms with Crippen molar-refractivity contribution in [2.45, 2.75) is 20.4 Å². The average molecular weight is 247 g/mol. The fraction of sp³-hybridized carbons (Fsp3) is 0.308. The average Bonchev–Trinajstić information content (AvgIpc) is 2.63. The molecule has 0 atom stereocenters. The number of aryl methyl sites for hydroxylation is 2. The van der Waals surface area contributed by atoms with Gasteiger partial charge in [0.25, 0.3) is 0 Å². The van der Waals surface area contributed by atoms with Crippen molar-refractivity contribution in [2.24, 2.45) is 0 Å². The third-order valence-corrected chi connectivity index (χ3v) is 3.67. The first-order valence-corrected chi connectivity index (χ1v) is 6.41. The molecule has 0 aliphatic carbocycles. The number of aromatic nitrogens is 1. The Morgan fingerprint density at radius 2 is 2.06 bits per heavy atom. The van der Waals surface area contributed by atoms with E-state index < -0.39 is 0 Å². The van der Waals surface area contributed by atoms with Gasteiger partial charge in [0.05, 0.1) is 17.7 Å². The Balaban J connectivity index is 2.20. The highest BCUT2D eigenvalue weighted by Crippen LogP contribution is 2.23. The van der Waals surface area contributed by atoms with Crippen molar-refractivity contribution in [1.29, 1.82) is 0 Å². The minimum Gasteiger partial charge on any atom is -0.399 e. The van der Waals surface area contributed by atoms with E-state index in [0.717, 1.165) is 23.6 Å². The number of benzene rings is 1. The van der Waals surface area contributed by atoms with Crippen LogP contribution in [-0.2, 0) is 6.54 Å². The zero-order valence-corrected chi connectivity index (χ0v) is 11.2. The summed E-state index contributed by atoms with van der Waals surface area (Å²) in [5.41, 5.74) is 12.0. The first-order valence-electron chi connectivity index (χ1n) is 5.53. The largest absolute Gasteiger partial charge is 0.399 e. The molecule has 0 unspecified atom stereocenters. The molecule has 2 rings (SSSR count). The Kier molecular flexibility index (Phi) is 3.33. The first-order chi connectivity index (χ1) is 8.06. The fourth-order valence-electron chi connectivity index (χ4n) is 1.80. The van der Waals surface area contributed by atoms with Gasteiger partial charge in [-0.15, -0.1) is 11.3 Å². The van der Waals surface area contributed by atoms with Gasteiger partial charge < -0.3 is 10.6 Å². The summed E-state index contributed by atoms with van der Waals surface area (Å²) in [7, 11) is 2.08. The number of anilines is 2. The molecule has 0 spiro atoms. The molecule has 1 aromatic carbocycles. The van der Waals surface area contributed by atoms with Crippen molar-refractivity contribution in [3.8, 4) is 0 Å². The highest BCUT2D eigenvalue weighted by Gasteiger charge is 2.07. The predicted molar refractivity (Wildman–Crippen MR) is 74.5 cm³/mol. The Hall–Kier alpha value is -1.55. The SMILES string of the molecule is Cc1cc(N)cc(N(C)Cc2scnc2C)c1. The van der Waals surface area contributed by atoms with E-state index in [1.807, 2.05) is 24.6 Å². The van der Waals surface area contributed by atoms with Crippen molar-refractivity contribution in [2.75, 3.05) is 17.7 Å². The van der Waals surface area contributed by atoms with Crippen LogP contribution in [0.25, 0.3) is 0 Å². The van der Waals surface area contributed by atoms with Gasteiger partial charge in [-0.05, 0) is 37.6 Å². The lowest BCUT2D eigenvalue weighted by molar-refractivity contribution is 0.925. The maximum atomic E-state index is 5.86. The van der Waals surface area contributed by atoms with E-state index in [9.17, 15) is 0 Å². The van der Waals surface area contributed by atoms with Gasteiger partial charge in [-0.25, -0.2) is 4.98 Å². The zero-order valence-electron chi connectivity index (χ0n) is 10.4. The van der Waals surface area contributed by atoms with Gasteiger partial charge in [-0.1, -0.05) is 0 Å². The van der Waals surface area contributed by atoms with E-state index in [-0.39, 0.29) is 0 Å². The van der Waals surface area contributed by atoms with E-state index in [0.29, 0.717) is 0 Å². The molecule has 4 heteroatoms. The normalized spacial score (nSPS) is 10.5. The molecule has 0 amide bonds. The summed E-state index contributed by atoms with van der Waals surface area (Å²) in [5.74, 6) is 0. The molecule has 0 fully saturated rings. The fourth-order valence-corrected chi connectivity index (χ4v) is 2.63. The molecule has 0 saturated carbocycles. The summed E-state index contributed by atoms with van der Waals surface area (Å²) in [6.45, 7) is 4.98. The van der Waals surface area contributed by atoms with E-state index in [1.165, 1.54) is 10.4 Å². The van der Waals surface area contributed by atoms with Crippen LogP contribution in [0.3, 0.4) is 0 Å². The van der Waals surface area contributed by atoms with Crippen LogP contribution in [0.15, 0.2) is 23.7 Å². The van der Waals surface area contributed by atoms with Crippen LogP contribution in [0.4, 0.5) is 11.4 Å². The topological polar surface area (TPSA) is 42.1 Å². The maximum Gasteiger partial charge on any atom is 0.0798 e. The maximum absolute atomic E-state index is 5.86. The number of nitrogens with two attached hydrogens (primary N) is 1. The third kappa shape index (κ3) is 2.77. The van der Waals surface area contributed by atoms with E-state index in [1.54, 1.807) is 11.3 Å². The highest BCUT2D eigenvalue weighted by atomic mass is 32.1. The molecule has 1 aromatic heterocycles. The molecular formula is C13H17N3S. The number of hydrogen-bond acceptors (Lipinski definition) is 4. The van der Waals surface area contributed by atoms with Crippen LogP contribution in [0, 0.1) is 13.8 Å². The Labute approximate surface area is 106 Å². The van der Waals surface area contributed by atoms with Gasteiger partial charge >= 0.3 is 0 Å². The zero-order chi connectivity index (χ0) is 12.4. The molecule has 0 aliphatic rings. The summed E-state index contributed by atoms with van der Waals surface area (Å²) in [6.07, 6.45) is 0. The minimum absolute atomic E-state index is 0.813. The molecule has 90 valence electrons. The Morgan fingerprint density at radius 3 is 2.65 bits per heavy atom. The van der Waals surface area contributed by atoms with E-state index in [2.05, 4.69) is 29.9 Å². The summed E-state index contributed by atoms with van der Waals surface area (Å²) in [4.78, 5) is 7.76. The Morgan fingerprint density at radius 1 is 1.29 bits per heavy atom. The van der Waals surface area contributed by atoms with Crippen molar-refractivity contribution in [3.63, 3.8) is 0 Å². The number of hydrogen-bond donors (Lipinski definition) is 1. The van der Waals surface area contributed by atoms with Crippen molar-refractivity contribution in [1.82, 2.24) is 4.98 Å². The van der Waals surface area contributed by atoms with Crippen LogP contribution in [0.1, 0.15) is 16.1 Å². The molecule has 0 saturated heterocycles. The molecule has 3 nitrogen and oxygen atoms in total. The molecule has 2 N–H and O–H groups in total. The van der Waals surface area contributed by atoms with Gasteiger partial charge in [0, 0.05) is 23.3 Å². The molecule has 0 radical (unpaired) electrons. The van der Waals surface area contributed by atoms with Crippen LogP contribution >= 0.6 is 11.3 Å². The van der Waals surface area contributed by atoms with E-state index in [4.69, 9.17) is 5.73 Å². The van der Waals surface area contributed by atoms with Crippen molar-refractivity contribution >= 4 is 22.7 Å². The van der Waals surface area contributed by atoms with Crippen LogP contribution in [0.2, 0.25) is 0 Å². The Bertz CT molecular complexity index is 499. The standard InChI is InChI=1S/C13H17N3S/c1-9-4-11(14)6-12(5-9)16(3)7-13-10(2)15-8-17-13/h4-6,8H,7,14H2,1-3H3. The van der Waals surface area contributed by atoms with Crippen molar-refractivity contribution in [3.05, 3.63) is 39.8 Å². The van der Waals surface area contributed by atoms with Crippen molar-refractivity contribution < 1.29 is 0 Å². The lowest BCUT2D eigenvalue weighted by Gasteiger charge is -2.19. The number of nitrogens with zero attached hydrogens (tertiary/aromatic N) is 2. The van der Waals surface area contributed by atoms with Crippen LogP contribution < -0.4 is 10.6 Å². The molecule has 0 bridgehead atoms. The van der Waals surface area contributed by atoms with Gasteiger partial charge in [0.15, 0.2) is 0 Å². The molecular weight excluding hydrogens is 230 g/mol. The number of rotatable bonds is 3. The number of thiazole rings is 1. The monoisotopic (exact) mass is 247 g/mol. The van der Waals surface area contributed by atoms with Gasteiger partial charge in [-0.3, -0.25) is 0 Å². The summed E-state index contributed by atoms with van der Waals surface area (Å²) in [5, 5.41) is 0. The lowest BCUT2D eigenvalue weighted by Crippen LogP contribution is -2.16. The molecule has 17 heavy (non-hydrogen) atoms. The van der Waals surface area contributed by atoms with Crippen LogP contribution in [0.5, 0.6) is 0 Å². The summed E-state index contributed by atoms with van der Waals surface area (Å²) < 4.78 is 0. The smallest absolute Gasteiger partial charge is 0.0798 e. The van der Waals surface area contributed by atoms with Gasteiger partial charge in [-0.2, -0.15) is 0 Å². The second kappa shape index (κ2) is 4.75. The molecule has 0 aliphatic heterocycles. The lowest BCUT2D eigenvalue weighted by atomic mass is 10.2. The predicted octanol–water partition coefficient (Wildman–Crippen LogP) is 2.98. The van der Waals surface area contributed by atoms with E-state index >= 15 is 0 Å². The van der Waals surface area contributed by atoms with Crippen LogP contribution in [-0.4, -0.2) is 12.0 Å². The van der Waals surface area contributed by atoms with Gasteiger partial charge in [0.1, 0.15) is 0 Å². The van der Waals surface area contributed by atoms with Gasteiger partial charge in [0.2, 0.25) is 0 Å². The summed E-state index contributed by atoms with van der Waals surface area (Å²) in [6, 6.07) is 6.13. The second-order valence-corrected chi connectivity index (χ2v) is 5.26. The molecule has 1 heterocycles. The quantitative estimate of drug-likeness (QED) is 0.848. The first kappa shape index (κ1) is 11.9. The molecule has 2 aromatic rings. The third-order valence-electron chi connectivity index (χ3n) is 2.75.